The highest BCUT2D eigenvalue weighted by Gasteiger charge is 2.21. The Morgan fingerprint density at radius 1 is 1.43 bits per heavy atom. The van der Waals surface area contributed by atoms with Crippen molar-refractivity contribution >= 4 is 0 Å². The van der Waals surface area contributed by atoms with Gasteiger partial charge in [0.1, 0.15) is 5.82 Å². The zero-order chi connectivity index (χ0) is 15.1. The van der Waals surface area contributed by atoms with Gasteiger partial charge in [-0.2, -0.15) is 0 Å². The van der Waals surface area contributed by atoms with Crippen LogP contribution >= 0.6 is 0 Å². The monoisotopic (exact) mass is 291 g/mol. The van der Waals surface area contributed by atoms with Gasteiger partial charge >= 0.3 is 0 Å². The molecule has 0 amide bonds. The molecule has 3 nitrogen and oxygen atoms in total. The molecule has 1 N–H and O–H groups in total. The third kappa shape index (κ3) is 4.82. The molecule has 1 aliphatic rings. The van der Waals surface area contributed by atoms with Crippen molar-refractivity contribution in [3.05, 3.63) is 35.1 Å². The third-order valence-electron chi connectivity index (χ3n) is 3.63. The molecule has 0 bridgehead atoms. The summed E-state index contributed by atoms with van der Waals surface area (Å²) < 4.78 is 19.2. The van der Waals surface area contributed by atoms with Gasteiger partial charge in [0.15, 0.2) is 0 Å². The molecule has 0 radical (unpaired) electrons. The van der Waals surface area contributed by atoms with E-state index in [1.165, 1.54) is 6.07 Å². The molecule has 114 valence electrons. The van der Waals surface area contributed by atoms with E-state index in [-0.39, 0.29) is 12.4 Å². The Bertz CT molecular complexity index is 521. The lowest BCUT2D eigenvalue weighted by Gasteiger charge is -2.35. The molecule has 1 aliphatic heterocycles. The predicted molar refractivity (Wildman–Crippen MR) is 80.3 cm³/mol. The minimum atomic E-state index is -0.262. The number of nitrogens with zero attached hydrogens (tertiary/aromatic N) is 1. The van der Waals surface area contributed by atoms with Crippen LogP contribution in [-0.4, -0.2) is 42.4 Å². The van der Waals surface area contributed by atoms with Crippen LogP contribution in [0.2, 0.25) is 0 Å². The van der Waals surface area contributed by atoms with Gasteiger partial charge in [-0.25, -0.2) is 4.39 Å². The van der Waals surface area contributed by atoms with E-state index in [9.17, 15) is 4.39 Å². The number of halogens is 1. The lowest BCUT2D eigenvalue weighted by atomic mass is 10.1. The zero-order valence-corrected chi connectivity index (χ0v) is 12.4. The van der Waals surface area contributed by atoms with Crippen molar-refractivity contribution in [2.75, 3.05) is 26.4 Å². The highest BCUT2D eigenvalue weighted by Crippen LogP contribution is 2.16. The molecule has 0 spiro atoms. The van der Waals surface area contributed by atoms with Gasteiger partial charge < -0.3 is 9.84 Å². The summed E-state index contributed by atoms with van der Waals surface area (Å²) in [4.78, 5) is 2.34. The lowest BCUT2D eigenvalue weighted by molar-refractivity contribution is -0.0127. The molecule has 4 heteroatoms. The first kappa shape index (κ1) is 16.0. The molecule has 0 saturated carbocycles. The van der Waals surface area contributed by atoms with Gasteiger partial charge in [0, 0.05) is 31.1 Å². The second-order valence-electron chi connectivity index (χ2n) is 5.23. The summed E-state index contributed by atoms with van der Waals surface area (Å²) in [5.74, 6) is 5.46. The Morgan fingerprint density at radius 2 is 2.29 bits per heavy atom. The van der Waals surface area contributed by atoms with Crippen molar-refractivity contribution in [1.82, 2.24) is 4.90 Å². The van der Waals surface area contributed by atoms with E-state index >= 15 is 0 Å². The molecule has 21 heavy (non-hydrogen) atoms. The maximum absolute atomic E-state index is 13.7. The maximum Gasteiger partial charge on any atom is 0.124 e. The Morgan fingerprint density at radius 3 is 3.05 bits per heavy atom. The molecule has 1 aromatic carbocycles. The molecule has 0 aliphatic carbocycles. The molecule has 1 unspecified atom stereocenters. The molecular formula is C17H22FNO2. The zero-order valence-electron chi connectivity index (χ0n) is 12.4. The number of hydrogen-bond acceptors (Lipinski definition) is 3. The quantitative estimate of drug-likeness (QED) is 0.863. The fourth-order valence-corrected chi connectivity index (χ4v) is 2.54. The number of ether oxygens (including phenoxy) is 1. The summed E-state index contributed by atoms with van der Waals surface area (Å²) in [5, 5.41) is 8.73. The minimum absolute atomic E-state index is 0.0289. The van der Waals surface area contributed by atoms with Crippen molar-refractivity contribution in [2.45, 2.75) is 32.4 Å². The van der Waals surface area contributed by atoms with Gasteiger partial charge in [-0.1, -0.05) is 18.8 Å². The van der Waals surface area contributed by atoms with E-state index in [1.807, 2.05) is 6.07 Å². The summed E-state index contributed by atoms with van der Waals surface area (Å²) in [6.07, 6.45) is 1.44. The second-order valence-corrected chi connectivity index (χ2v) is 5.23. The van der Waals surface area contributed by atoms with Crippen LogP contribution in [0.3, 0.4) is 0 Å². The first-order chi connectivity index (χ1) is 10.2. The average molecular weight is 291 g/mol. The van der Waals surface area contributed by atoms with Gasteiger partial charge in [0.2, 0.25) is 0 Å². The molecule has 1 saturated heterocycles. The van der Waals surface area contributed by atoms with E-state index in [0.717, 1.165) is 31.7 Å². The van der Waals surface area contributed by atoms with Crippen molar-refractivity contribution in [1.29, 1.82) is 0 Å². The Kier molecular flexibility index (Phi) is 6.19. The molecule has 1 fully saturated rings. The van der Waals surface area contributed by atoms with E-state index in [2.05, 4.69) is 23.7 Å². The van der Waals surface area contributed by atoms with Gasteiger partial charge in [-0.05, 0) is 30.2 Å². The fourth-order valence-electron chi connectivity index (χ4n) is 2.54. The van der Waals surface area contributed by atoms with Crippen LogP contribution in [0.4, 0.5) is 4.39 Å². The molecule has 1 aromatic rings. The van der Waals surface area contributed by atoms with E-state index in [1.54, 1.807) is 6.07 Å². The van der Waals surface area contributed by atoms with Crippen LogP contribution in [0.5, 0.6) is 0 Å². The van der Waals surface area contributed by atoms with Crippen LogP contribution < -0.4 is 0 Å². The van der Waals surface area contributed by atoms with Crippen LogP contribution in [0.15, 0.2) is 18.2 Å². The predicted octanol–water partition coefficient (Wildman–Crippen LogP) is 2.17. The molecule has 2 rings (SSSR count). The number of aliphatic hydroxyl groups is 1. The van der Waals surface area contributed by atoms with Crippen LogP contribution in [0, 0.1) is 17.7 Å². The van der Waals surface area contributed by atoms with E-state index in [4.69, 9.17) is 9.84 Å². The van der Waals surface area contributed by atoms with Crippen molar-refractivity contribution in [3.8, 4) is 11.8 Å². The standard InChI is InChI=1S/C17H22FNO2/c1-2-17-13-21-8-6-19(17)12-15-9-14(5-3-4-7-20)10-16(18)11-15/h9-11,17,20H,2,4,6-8,12-13H2,1H3. The van der Waals surface area contributed by atoms with Crippen molar-refractivity contribution in [3.63, 3.8) is 0 Å². The Labute approximate surface area is 125 Å². The molecule has 0 aromatic heterocycles. The molecular weight excluding hydrogens is 269 g/mol. The first-order valence-corrected chi connectivity index (χ1v) is 7.44. The van der Waals surface area contributed by atoms with Crippen LogP contribution in [-0.2, 0) is 11.3 Å². The van der Waals surface area contributed by atoms with E-state index < -0.39 is 0 Å². The third-order valence-corrected chi connectivity index (χ3v) is 3.63. The Hall–Kier alpha value is -1.41. The SMILES string of the molecule is CCC1COCCN1Cc1cc(F)cc(C#CCCO)c1. The highest BCUT2D eigenvalue weighted by atomic mass is 19.1. The number of morpholine rings is 1. The van der Waals surface area contributed by atoms with E-state index in [0.29, 0.717) is 24.6 Å². The normalized spacial score (nSPS) is 19.1. The Balaban J connectivity index is 2.10. The second kappa shape index (κ2) is 8.14. The van der Waals surface area contributed by atoms with Crippen LogP contribution in [0.1, 0.15) is 30.9 Å². The highest BCUT2D eigenvalue weighted by molar-refractivity contribution is 5.37. The molecule has 1 heterocycles. The summed E-state index contributed by atoms with van der Waals surface area (Å²) in [7, 11) is 0. The first-order valence-electron chi connectivity index (χ1n) is 7.44. The van der Waals surface area contributed by atoms with Gasteiger partial charge in [0.25, 0.3) is 0 Å². The number of aliphatic hydroxyl groups excluding tert-OH is 1. The number of hydrogen-bond donors (Lipinski definition) is 1. The van der Waals surface area contributed by atoms with Gasteiger partial charge in [-0.15, -0.1) is 0 Å². The summed E-state index contributed by atoms with van der Waals surface area (Å²) in [6.45, 7) is 5.24. The number of rotatable bonds is 4. The summed E-state index contributed by atoms with van der Waals surface area (Å²) in [5.41, 5.74) is 1.60. The van der Waals surface area contributed by atoms with Crippen molar-refractivity contribution < 1.29 is 14.2 Å². The van der Waals surface area contributed by atoms with Crippen molar-refractivity contribution in [2.24, 2.45) is 0 Å². The fraction of sp³-hybridized carbons (Fsp3) is 0.529. The van der Waals surface area contributed by atoms with Gasteiger partial charge in [-0.3, -0.25) is 4.90 Å². The minimum Gasteiger partial charge on any atom is -0.395 e. The topological polar surface area (TPSA) is 32.7 Å². The largest absolute Gasteiger partial charge is 0.395 e. The van der Waals surface area contributed by atoms with Gasteiger partial charge in [0.05, 0.1) is 19.8 Å². The average Bonchev–Trinajstić information content (AvgIpc) is 2.47. The lowest BCUT2D eigenvalue weighted by Crippen LogP contribution is -2.44. The van der Waals surface area contributed by atoms with Crippen LogP contribution in [0.25, 0.3) is 0 Å². The summed E-state index contributed by atoms with van der Waals surface area (Å²) >= 11 is 0. The summed E-state index contributed by atoms with van der Waals surface area (Å²) in [6, 6.07) is 5.32. The number of benzene rings is 1. The maximum atomic E-state index is 13.7. The molecule has 1 atom stereocenters. The smallest absolute Gasteiger partial charge is 0.124 e.